The maximum Gasteiger partial charge on any atom is 0.313 e. The largest absolute Gasteiger partial charge is 0.367 e. The van der Waals surface area contributed by atoms with Crippen molar-refractivity contribution in [3.05, 3.63) is 59.7 Å². The minimum atomic E-state index is -0.836. The van der Waals surface area contributed by atoms with Crippen molar-refractivity contribution in [2.24, 2.45) is 0 Å². The van der Waals surface area contributed by atoms with Crippen molar-refractivity contribution in [1.29, 1.82) is 0 Å². The van der Waals surface area contributed by atoms with Crippen LogP contribution in [0.3, 0.4) is 0 Å². The fourth-order valence-electron chi connectivity index (χ4n) is 3.19. The Labute approximate surface area is 168 Å². The van der Waals surface area contributed by atoms with E-state index in [4.69, 9.17) is 0 Å². The van der Waals surface area contributed by atoms with E-state index < -0.39 is 17.6 Å². The summed E-state index contributed by atoms with van der Waals surface area (Å²) in [6.45, 7) is 5.36. The number of amides is 2. The van der Waals surface area contributed by atoms with Gasteiger partial charge >= 0.3 is 11.8 Å². The molecule has 6 nitrogen and oxygen atoms in total. The van der Waals surface area contributed by atoms with E-state index in [-0.39, 0.29) is 11.5 Å². The number of carbonyl (C=O) groups excluding carboxylic acids is 2. The van der Waals surface area contributed by atoms with Crippen LogP contribution >= 0.6 is 0 Å². The van der Waals surface area contributed by atoms with E-state index in [1.807, 2.05) is 11.0 Å². The van der Waals surface area contributed by atoms with Crippen molar-refractivity contribution in [2.75, 3.05) is 49.5 Å². The maximum atomic E-state index is 13.9. The van der Waals surface area contributed by atoms with Gasteiger partial charge < -0.3 is 15.5 Å². The van der Waals surface area contributed by atoms with Crippen molar-refractivity contribution in [3.8, 4) is 0 Å². The average Bonchev–Trinajstić information content (AvgIpc) is 2.71. The van der Waals surface area contributed by atoms with Crippen LogP contribution in [0.1, 0.15) is 5.56 Å². The van der Waals surface area contributed by atoms with Crippen LogP contribution in [0.25, 0.3) is 0 Å². The molecule has 2 N–H and O–H groups in total. The molecule has 1 aliphatic heterocycles. The van der Waals surface area contributed by atoms with Crippen molar-refractivity contribution in [2.45, 2.75) is 6.92 Å². The lowest BCUT2D eigenvalue weighted by Gasteiger charge is -2.36. The molecule has 2 amide bonds. The predicted molar refractivity (Wildman–Crippen MR) is 108 cm³/mol. The molecule has 0 atom stereocenters. The summed E-state index contributed by atoms with van der Waals surface area (Å²) in [7, 11) is 0. The minimum absolute atomic E-state index is 0.229. The van der Waals surface area contributed by atoms with E-state index in [2.05, 4.69) is 15.5 Å². The second-order valence-corrected chi connectivity index (χ2v) is 6.95. The van der Waals surface area contributed by atoms with Gasteiger partial charge in [-0.15, -0.1) is 0 Å². The molecule has 1 fully saturated rings. The number of rotatable bonds is 5. The number of para-hydroxylation sites is 1. The summed E-state index contributed by atoms with van der Waals surface area (Å²) in [5.41, 5.74) is 1.30. The van der Waals surface area contributed by atoms with Gasteiger partial charge in [-0.2, -0.15) is 0 Å². The van der Waals surface area contributed by atoms with Crippen LogP contribution < -0.4 is 15.5 Å². The standard InChI is InChI=1S/C21H24F2N4O2/c1-15-6-7-16(14-18(15)23)25-21(29)20(28)24-8-9-26-10-12-27(13-11-26)19-5-3-2-4-17(19)22/h2-7,14H,8-13H2,1H3,(H,24,28)(H,25,29). The Balaban J connectivity index is 1.39. The molecular weight excluding hydrogens is 378 g/mol. The number of hydrogen-bond acceptors (Lipinski definition) is 4. The monoisotopic (exact) mass is 402 g/mol. The number of nitrogens with zero attached hydrogens (tertiary/aromatic N) is 2. The van der Waals surface area contributed by atoms with Gasteiger partial charge in [-0.25, -0.2) is 8.78 Å². The Morgan fingerprint density at radius 3 is 2.38 bits per heavy atom. The zero-order valence-corrected chi connectivity index (χ0v) is 16.3. The van der Waals surface area contributed by atoms with E-state index in [0.717, 1.165) is 13.1 Å². The van der Waals surface area contributed by atoms with E-state index in [0.29, 0.717) is 37.4 Å². The van der Waals surface area contributed by atoms with Crippen LogP contribution in [0, 0.1) is 18.6 Å². The Morgan fingerprint density at radius 2 is 1.69 bits per heavy atom. The summed E-state index contributed by atoms with van der Waals surface area (Å²) in [5, 5.41) is 4.95. The highest BCUT2D eigenvalue weighted by atomic mass is 19.1. The van der Waals surface area contributed by atoms with Crippen LogP contribution in [0.4, 0.5) is 20.2 Å². The second-order valence-electron chi connectivity index (χ2n) is 6.95. The van der Waals surface area contributed by atoms with Crippen molar-refractivity contribution < 1.29 is 18.4 Å². The highest BCUT2D eigenvalue weighted by molar-refractivity contribution is 6.39. The first-order chi connectivity index (χ1) is 13.9. The van der Waals surface area contributed by atoms with Crippen LogP contribution in [0.15, 0.2) is 42.5 Å². The normalized spacial score (nSPS) is 14.5. The van der Waals surface area contributed by atoms with Crippen molar-refractivity contribution >= 4 is 23.2 Å². The fraction of sp³-hybridized carbons (Fsp3) is 0.333. The first kappa shape index (κ1) is 20.7. The molecule has 154 valence electrons. The molecule has 2 aromatic rings. The molecule has 0 spiro atoms. The van der Waals surface area contributed by atoms with Crippen LogP contribution in [0.2, 0.25) is 0 Å². The predicted octanol–water partition coefficient (Wildman–Crippen LogP) is 2.15. The van der Waals surface area contributed by atoms with Gasteiger partial charge in [-0.1, -0.05) is 18.2 Å². The number of benzene rings is 2. The summed E-state index contributed by atoms with van der Waals surface area (Å²) in [4.78, 5) is 28.0. The summed E-state index contributed by atoms with van der Waals surface area (Å²) < 4.78 is 27.4. The maximum absolute atomic E-state index is 13.9. The zero-order valence-electron chi connectivity index (χ0n) is 16.3. The highest BCUT2D eigenvalue weighted by Crippen LogP contribution is 2.20. The number of nitrogens with one attached hydrogen (secondary N) is 2. The molecule has 1 heterocycles. The number of halogens is 2. The van der Waals surface area contributed by atoms with Gasteiger partial charge in [-0.3, -0.25) is 14.5 Å². The average molecular weight is 402 g/mol. The van der Waals surface area contributed by atoms with Crippen LogP contribution in [-0.4, -0.2) is 56.0 Å². The molecule has 2 aromatic carbocycles. The molecule has 0 unspecified atom stereocenters. The summed E-state index contributed by atoms with van der Waals surface area (Å²) in [5.74, 6) is -2.28. The smallest absolute Gasteiger partial charge is 0.313 e. The zero-order chi connectivity index (χ0) is 20.8. The molecule has 1 saturated heterocycles. The Kier molecular flexibility index (Phi) is 6.77. The number of carbonyl (C=O) groups is 2. The Bertz CT molecular complexity index is 883. The van der Waals surface area contributed by atoms with Gasteiger partial charge in [0.25, 0.3) is 0 Å². The molecule has 0 bridgehead atoms. The molecule has 8 heteroatoms. The van der Waals surface area contributed by atoms with Gasteiger partial charge in [0.2, 0.25) is 0 Å². The lowest BCUT2D eigenvalue weighted by atomic mass is 10.2. The SMILES string of the molecule is Cc1ccc(NC(=O)C(=O)NCCN2CCN(c3ccccc3F)CC2)cc1F. The van der Waals surface area contributed by atoms with Crippen LogP contribution in [0.5, 0.6) is 0 Å². The van der Waals surface area contributed by atoms with E-state index >= 15 is 0 Å². The molecule has 0 aromatic heterocycles. The number of anilines is 2. The number of aryl methyl sites for hydroxylation is 1. The summed E-state index contributed by atoms with van der Waals surface area (Å²) in [6.07, 6.45) is 0. The van der Waals surface area contributed by atoms with E-state index in [9.17, 15) is 18.4 Å². The topological polar surface area (TPSA) is 64.7 Å². The van der Waals surface area contributed by atoms with Gasteiger partial charge in [0.1, 0.15) is 11.6 Å². The van der Waals surface area contributed by atoms with Crippen LogP contribution in [-0.2, 0) is 9.59 Å². The Morgan fingerprint density at radius 1 is 0.966 bits per heavy atom. The first-order valence-electron chi connectivity index (χ1n) is 9.51. The summed E-state index contributed by atoms with van der Waals surface area (Å²) >= 11 is 0. The quantitative estimate of drug-likeness (QED) is 0.753. The summed E-state index contributed by atoms with van der Waals surface area (Å²) in [6, 6.07) is 11.0. The fourth-order valence-corrected chi connectivity index (χ4v) is 3.19. The van der Waals surface area contributed by atoms with Gasteiger partial charge in [0, 0.05) is 45.0 Å². The van der Waals surface area contributed by atoms with Gasteiger partial charge in [0.15, 0.2) is 0 Å². The van der Waals surface area contributed by atoms with E-state index in [1.165, 1.54) is 18.2 Å². The van der Waals surface area contributed by atoms with E-state index in [1.54, 1.807) is 25.1 Å². The van der Waals surface area contributed by atoms with Crippen molar-refractivity contribution in [1.82, 2.24) is 10.2 Å². The third-order valence-corrected chi connectivity index (χ3v) is 4.91. The molecule has 0 saturated carbocycles. The Hall–Kier alpha value is -3.00. The third kappa shape index (κ3) is 5.51. The molecule has 29 heavy (non-hydrogen) atoms. The van der Waals surface area contributed by atoms with Gasteiger partial charge in [0.05, 0.1) is 5.69 Å². The lowest BCUT2D eigenvalue weighted by Crippen LogP contribution is -2.49. The third-order valence-electron chi connectivity index (χ3n) is 4.91. The first-order valence-corrected chi connectivity index (χ1v) is 9.51. The van der Waals surface area contributed by atoms with Gasteiger partial charge in [-0.05, 0) is 36.8 Å². The number of piperazine rings is 1. The second kappa shape index (κ2) is 9.47. The molecule has 0 radical (unpaired) electrons. The number of hydrogen-bond donors (Lipinski definition) is 2. The minimum Gasteiger partial charge on any atom is -0.367 e. The van der Waals surface area contributed by atoms with Crippen molar-refractivity contribution in [3.63, 3.8) is 0 Å². The molecular formula is C21H24F2N4O2. The molecule has 3 rings (SSSR count). The lowest BCUT2D eigenvalue weighted by molar-refractivity contribution is -0.136. The molecule has 1 aliphatic rings. The molecule has 0 aliphatic carbocycles. The highest BCUT2D eigenvalue weighted by Gasteiger charge is 2.20.